The van der Waals surface area contributed by atoms with Crippen LogP contribution in [0.2, 0.25) is 5.02 Å². The van der Waals surface area contributed by atoms with Gasteiger partial charge in [0.05, 0.1) is 21.8 Å². The molecule has 3 aromatic rings. The summed E-state index contributed by atoms with van der Waals surface area (Å²) in [5, 5.41) is 13.4. The molecule has 2 N–H and O–H groups in total. The van der Waals surface area contributed by atoms with Crippen LogP contribution in [0.3, 0.4) is 0 Å². The van der Waals surface area contributed by atoms with Gasteiger partial charge in [0, 0.05) is 26.2 Å². The van der Waals surface area contributed by atoms with Gasteiger partial charge in [-0.25, -0.2) is 13.8 Å². The number of aromatic nitrogens is 1. The number of carbonyl (C=O) groups is 2. The fourth-order valence-electron chi connectivity index (χ4n) is 4.71. The van der Waals surface area contributed by atoms with Gasteiger partial charge < -0.3 is 15.3 Å². The van der Waals surface area contributed by atoms with Gasteiger partial charge >= 0.3 is 0 Å². The van der Waals surface area contributed by atoms with Crippen LogP contribution in [0.1, 0.15) is 44.2 Å². The monoisotopic (exact) mass is 597 g/mol. The van der Waals surface area contributed by atoms with Crippen molar-refractivity contribution in [3.63, 3.8) is 0 Å². The molecule has 3 rings (SSSR count). The minimum atomic E-state index is -0.952. The van der Waals surface area contributed by atoms with Crippen LogP contribution in [-0.4, -0.2) is 59.8 Å². The number of amides is 2. The summed E-state index contributed by atoms with van der Waals surface area (Å²) < 4.78 is 30.9. The van der Waals surface area contributed by atoms with Crippen LogP contribution in [0.5, 0.6) is 5.75 Å². The molecule has 0 aliphatic heterocycles. The van der Waals surface area contributed by atoms with Gasteiger partial charge in [0.2, 0.25) is 12.8 Å². The van der Waals surface area contributed by atoms with Crippen molar-refractivity contribution >= 4 is 41.8 Å². The summed E-state index contributed by atoms with van der Waals surface area (Å²) in [6.07, 6.45) is 3.31. The number of anilines is 2. The molecular weight excluding hydrogens is 564 g/mol. The second kappa shape index (κ2) is 14.5. The maximum Gasteiger partial charge on any atom is 0.219 e. The van der Waals surface area contributed by atoms with E-state index in [2.05, 4.69) is 21.9 Å². The number of hydrogen-bond acceptors (Lipinski definition) is 5. The van der Waals surface area contributed by atoms with Crippen LogP contribution in [0, 0.1) is 11.6 Å². The van der Waals surface area contributed by atoms with Gasteiger partial charge in [0.15, 0.2) is 11.6 Å². The maximum absolute atomic E-state index is 15.9. The lowest BCUT2D eigenvalue weighted by Gasteiger charge is -2.34. The number of nitrogens with zero attached hydrogens (tertiary/aromatic N) is 4. The number of aromatic hydroxyl groups is 1. The van der Waals surface area contributed by atoms with E-state index < -0.39 is 28.6 Å². The summed E-state index contributed by atoms with van der Waals surface area (Å²) in [5.74, 6) is -2.27. The molecule has 0 saturated carbocycles. The highest BCUT2D eigenvalue weighted by Crippen LogP contribution is 2.41. The van der Waals surface area contributed by atoms with E-state index in [0.717, 1.165) is 12.1 Å². The lowest BCUT2D eigenvalue weighted by Crippen LogP contribution is -2.45. The van der Waals surface area contributed by atoms with Gasteiger partial charge in [-0.1, -0.05) is 49.7 Å². The SMILES string of the molecule is C=CCCN(C(=NC)c1cc(F)c(-c2c(O)cccc2F)nc1N(C=O)c1c(Cl)cccc1C(C)C)C(C)CNC=O. The molecule has 2 amide bonds. The molecule has 1 heterocycles. The van der Waals surface area contributed by atoms with E-state index in [4.69, 9.17) is 11.6 Å². The smallest absolute Gasteiger partial charge is 0.219 e. The average Bonchev–Trinajstić information content (AvgIpc) is 2.96. The number of nitrogens with one attached hydrogen (secondary N) is 1. The molecule has 1 aromatic heterocycles. The number of aliphatic imine (C=N–C) groups is 1. The number of benzene rings is 2. The summed E-state index contributed by atoms with van der Waals surface area (Å²) in [7, 11) is 1.51. The predicted molar refractivity (Wildman–Crippen MR) is 163 cm³/mol. The van der Waals surface area contributed by atoms with Gasteiger partial charge in [-0.2, -0.15) is 0 Å². The number of amidine groups is 1. The van der Waals surface area contributed by atoms with Gasteiger partial charge in [-0.3, -0.25) is 19.5 Å². The highest BCUT2D eigenvalue weighted by Gasteiger charge is 2.30. The van der Waals surface area contributed by atoms with Crippen molar-refractivity contribution in [2.75, 3.05) is 25.0 Å². The predicted octanol–water partition coefficient (Wildman–Crippen LogP) is 6.19. The maximum atomic E-state index is 15.9. The van der Waals surface area contributed by atoms with E-state index in [1.807, 2.05) is 31.7 Å². The van der Waals surface area contributed by atoms with Crippen molar-refractivity contribution < 1.29 is 23.5 Å². The number of para-hydroxylation sites is 1. The standard InChI is InChI=1S/C31H34ClF2N5O3/c1-6-7-14-38(20(4)16-36-17-40)30(35-5)22-15-25(34)28(27-24(33)12-9-13-26(27)42)37-31(22)39(18-41)29-21(19(2)3)10-8-11-23(29)32/h6,8-13,15,17-20,42H,1,7,14,16H2,2-5H3,(H,36,40). The van der Waals surface area contributed by atoms with E-state index in [1.54, 1.807) is 18.2 Å². The zero-order valence-electron chi connectivity index (χ0n) is 23.9. The van der Waals surface area contributed by atoms with Crippen LogP contribution in [0.4, 0.5) is 20.3 Å². The van der Waals surface area contributed by atoms with Crippen molar-refractivity contribution in [1.82, 2.24) is 15.2 Å². The molecular formula is C31H34ClF2N5O3. The molecule has 0 spiro atoms. The van der Waals surface area contributed by atoms with E-state index in [0.29, 0.717) is 37.0 Å². The summed E-state index contributed by atoms with van der Waals surface area (Å²) in [4.78, 5) is 35.8. The molecule has 0 aliphatic carbocycles. The molecule has 0 fully saturated rings. The van der Waals surface area contributed by atoms with Gasteiger partial charge in [-0.05, 0) is 49.1 Å². The first-order valence-corrected chi connectivity index (χ1v) is 13.7. The second-order valence-electron chi connectivity index (χ2n) is 9.82. The molecule has 222 valence electrons. The molecule has 1 unspecified atom stereocenters. The fraction of sp³-hybridized carbons (Fsp3) is 0.290. The summed E-state index contributed by atoms with van der Waals surface area (Å²) in [6.45, 7) is 10.1. The second-order valence-corrected chi connectivity index (χ2v) is 10.2. The minimum absolute atomic E-state index is 0.0713. The van der Waals surface area contributed by atoms with E-state index in [1.165, 1.54) is 24.1 Å². The number of halogens is 3. The Labute approximate surface area is 249 Å². The van der Waals surface area contributed by atoms with E-state index in [-0.39, 0.29) is 40.7 Å². The number of phenolic OH excluding ortho intramolecular Hbond substituents is 1. The molecule has 0 bridgehead atoms. The Bertz CT molecular complexity index is 1460. The van der Waals surface area contributed by atoms with Crippen LogP contribution < -0.4 is 10.2 Å². The molecule has 0 aliphatic rings. The van der Waals surface area contributed by atoms with Crippen LogP contribution >= 0.6 is 11.6 Å². The number of pyridine rings is 1. The van der Waals surface area contributed by atoms with Gasteiger partial charge in [0.25, 0.3) is 0 Å². The van der Waals surface area contributed by atoms with Crippen LogP contribution in [0.15, 0.2) is 60.1 Å². The zero-order valence-corrected chi connectivity index (χ0v) is 24.7. The van der Waals surface area contributed by atoms with Gasteiger partial charge in [-0.15, -0.1) is 6.58 Å². The molecule has 42 heavy (non-hydrogen) atoms. The van der Waals surface area contributed by atoms with Crippen molar-refractivity contribution in [2.24, 2.45) is 4.99 Å². The Hall–Kier alpha value is -4.31. The summed E-state index contributed by atoms with van der Waals surface area (Å²) >= 11 is 6.64. The lowest BCUT2D eigenvalue weighted by molar-refractivity contribution is -0.109. The van der Waals surface area contributed by atoms with E-state index in [9.17, 15) is 19.1 Å². The Balaban J connectivity index is 2.42. The van der Waals surface area contributed by atoms with Crippen LogP contribution in [0.25, 0.3) is 11.3 Å². The Morgan fingerprint density at radius 2 is 1.88 bits per heavy atom. The quantitative estimate of drug-likeness (QED) is 0.106. The largest absolute Gasteiger partial charge is 0.507 e. The average molecular weight is 598 g/mol. The number of hydrogen-bond donors (Lipinski definition) is 2. The first-order valence-electron chi connectivity index (χ1n) is 13.3. The van der Waals surface area contributed by atoms with Crippen molar-refractivity contribution in [3.8, 4) is 17.0 Å². The van der Waals surface area contributed by atoms with Crippen LogP contribution in [-0.2, 0) is 9.59 Å². The third kappa shape index (κ3) is 6.76. The normalized spacial score (nSPS) is 12.1. The van der Waals surface area contributed by atoms with Gasteiger partial charge in [0.1, 0.15) is 23.1 Å². The highest BCUT2D eigenvalue weighted by molar-refractivity contribution is 6.34. The molecule has 11 heteroatoms. The first-order chi connectivity index (χ1) is 20.1. The highest BCUT2D eigenvalue weighted by atomic mass is 35.5. The molecule has 2 aromatic carbocycles. The van der Waals surface area contributed by atoms with Crippen molar-refractivity contribution in [1.29, 1.82) is 0 Å². The first kappa shape index (κ1) is 32.2. The molecule has 0 radical (unpaired) electrons. The van der Waals surface area contributed by atoms with Crippen molar-refractivity contribution in [3.05, 3.63) is 82.9 Å². The molecule has 0 saturated heterocycles. The molecule has 1 atom stereocenters. The fourth-order valence-corrected chi connectivity index (χ4v) is 4.98. The van der Waals surface area contributed by atoms with E-state index >= 15 is 4.39 Å². The topological polar surface area (TPSA) is 98.1 Å². The third-order valence-electron chi connectivity index (χ3n) is 6.73. The Morgan fingerprint density at radius 3 is 2.48 bits per heavy atom. The minimum Gasteiger partial charge on any atom is -0.507 e. The zero-order chi connectivity index (χ0) is 31.0. The summed E-state index contributed by atoms with van der Waals surface area (Å²) in [5.41, 5.74) is 0.177. The Kier molecular flexibility index (Phi) is 11.2. The molecule has 8 nitrogen and oxygen atoms in total. The Morgan fingerprint density at radius 1 is 1.17 bits per heavy atom. The lowest BCUT2D eigenvalue weighted by atomic mass is 9.99. The number of carbonyl (C=O) groups excluding carboxylic acids is 2. The third-order valence-corrected chi connectivity index (χ3v) is 7.03. The number of rotatable bonds is 13. The number of phenols is 1. The van der Waals surface area contributed by atoms with Crippen molar-refractivity contribution in [2.45, 2.75) is 39.2 Å². The summed E-state index contributed by atoms with van der Waals surface area (Å²) in [6, 6.07) is 9.54.